The van der Waals surface area contributed by atoms with Gasteiger partial charge in [-0.2, -0.15) is 0 Å². The number of hydrogen-bond acceptors (Lipinski definition) is 4. The lowest BCUT2D eigenvalue weighted by molar-refractivity contribution is -0.116. The number of anilines is 2. The second-order valence-corrected chi connectivity index (χ2v) is 4.87. The zero-order chi connectivity index (χ0) is 16.7. The van der Waals surface area contributed by atoms with Crippen molar-refractivity contribution in [2.45, 2.75) is 6.42 Å². The average molecular weight is 313 g/mol. The van der Waals surface area contributed by atoms with Crippen LogP contribution in [-0.2, 0) is 16.0 Å². The minimum Gasteiger partial charge on any atom is -0.497 e. The number of amides is 2. The molecule has 23 heavy (non-hydrogen) atoms. The van der Waals surface area contributed by atoms with E-state index < -0.39 is 0 Å². The molecule has 0 aliphatic heterocycles. The van der Waals surface area contributed by atoms with Gasteiger partial charge in [0.25, 0.3) is 0 Å². The first-order chi connectivity index (χ1) is 11.1. The van der Waals surface area contributed by atoms with Gasteiger partial charge in [0.2, 0.25) is 11.8 Å². The van der Waals surface area contributed by atoms with Crippen LogP contribution in [0.2, 0.25) is 0 Å². The SMILES string of the molecule is COc1ccc(CC(=O)Nc2ccccc2NC(=O)CN)cc1. The standard InChI is InChI=1S/C17H19N3O3/c1-23-13-8-6-12(7-9-13)10-16(21)19-14-4-2-3-5-15(14)20-17(22)11-18/h2-9H,10-11,18H2,1H3,(H,19,21)(H,20,22). The smallest absolute Gasteiger partial charge is 0.238 e. The third-order valence-electron chi connectivity index (χ3n) is 3.18. The van der Waals surface area contributed by atoms with Crippen LogP contribution in [0.4, 0.5) is 11.4 Å². The number of carbonyl (C=O) groups excluding carboxylic acids is 2. The van der Waals surface area contributed by atoms with Gasteiger partial charge in [0.15, 0.2) is 0 Å². The fraction of sp³-hybridized carbons (Fsp3) is 0.176. The Bertz CT molecular complexity index is 684. The van der Waals surface area contributed by atoms with E-state index in [0.29, 0.717) is 11.4 Å². The predicted molar refractivity (Wildman–Crippen MR) is 89.5 cm³/mol. The van der Waals surface area contributed by atoms with E-state index in [1.165, 1.54) is 0 Å². The van der Waals surface area contributed by atoms with Gasteiger partial charge in [-0.3, -0.25) is 9.59 Å². The third-order valence-corrected chi connectivity index (χ3v) is 3.18. The van der Waals surface area contributed by atoms with E-state index >= 15 is 0 Å². The highest BCUT2D eigenvalue weighted by molar-refractivity contribution is 6.00. The summed E-state index contributed by atoms with van der Waals surface area (Å²) in [6.45, 7) is -0.117. The highest BCUT2D eigenvalue weighted by atomic mass is 16.5. The van der Waals surface area contributed by atoms with Crippen LogP contribution in [0, 0.1) is 0 Å². The molecule has 0 aliphatic carbocycles. The number of para-hydroxylation sites is 2. The van der Waals surface area contributed by atoms with E-state index in [2.05, 4.69) is 10.6 Å². The molecule has 0 spiro atoms. The summed E-state index contributed by atoms with van der Waals surface area (Å²) in [6.07, 6.45) is 0.225. The molecule has 0 aliphatic rings. The molecule has 0 fully saturated rings. The summed E-state index contributed by atoms with van der Waals surface area (Å²) < 4.78 is 5.08. The molecular formula is C17H19N3O3. The van der Waals surface area contributed by atoms with Crippen molar-refractivity contribution in [2.75, 3.05) is 24.3 Å². The Labute approximate surface area is 134 Å². The molecule has 0 saturated heterocycles. The van der Waals surface area contributed by atoms with Crippen LogP contribution >= 0.6 is 0 Å². The largest absolute Gasteiger partial charge is 0.497 e. The maximum atomic E-state index is 12.2. The summed E-state index contributed by atoms with van der Waals surface area (Å²) >= 11 is 0. The fourth-order valence-corrected chi connectivity index (χ4v) is 2.03. The highest BCUT2D eigenvalue weighted by Gasteiger charge is 2.09. The van der Waals surface area contributed by atoms with E-state index in [0.717, 1.165) is 11.3 Å². The molecule has 2 rings (SSSR count). The van der Waals surface area contributed by atoms with Crippen LogP contribution in [-0.4, -0.2) is 25.5 Å². The number of nitrogens with one attached hydrogen (secondary N) is 2. The first-order valence-corrected chi connectivity index (χ1v) is 7.14. The Morgan fingerprint density at radius 1 is 0.957 bits per heavy atom. The van der Waals surface area contributed by atoms with Crippen molar-refractivity contribution in [3.8, 4) is 5.75 Å². The van der Waals surface area contributed by atoms with Gasteiger partial charge in [-0.1, -0.05) is 24.3 Å². The molecule has 0 radical (unpaired) electrons. The first-order valence-electron chi connectivity index (χ1n) is 7.14. The van der Waals surface area contributed by atoms with E-state index in [1.807, 2.05) is 12.1 Å². The number of benzene rings is 2. The van der Waals surface area contributed by atoms with Crippen molar-refractivity contribution in [1.29, 1.82) is 0 Å². The fourth-order valence-electron chi connectivity index (χ4n) is 2.03. The van der Waals surface area contributed by atoms with Crippen molar-refractivity contribution in [2.24, 2.45) is 5.73 Å². The molecule has 0 heterocycles. The zero-order valence-electron chi connectivity index (χ0n) is 12.8. The summed E-state index contributed by atoms with van der Waals surface area (Å²) in [5, 5.41) is 5.44. The average Bonchev–Trinajstić information content (AvgIpc) is 2.57. The van der Waals surface area contributed by atoms with Crippen molar-refractivity contribution < 1.29 is 14.3 Å². The molecule has 0 atom stereocenters. The number of methoxy groups -OCH3 is 1. The van der Waals surface area contributed by atoms with Gasteiger partial charge in [0.1, 0.15) is 5.75 Å². The van der Waals surface area contributed by atoms with Crippen molar-refractivity contribution in [3.05, 3.63) is 54.1 Å². The minimum absolute atomic E-state index is 0.117. The van der Waals surface area contributed by atoms with E-state index in [1.54, 1.807) is 43.5 Å². The quantitative estimate of drug-likeness (QED) is 0.757. The van der Waals surface area contributed by atoms with Gasteiger partial charge >= 0.3 is 0 Å². The predicted octanol–water partition coefficient (Wildman–Crippen LogP) is 1.77. The normalized spacial score (nSPS) is 10.0. The minimum atomic E-state index is -0.318. The van der Waals surface area contributed by atoms with E-state index in [4.69, 9.17) is 10.5 Å². The van der Waals surface area contributed by atoms with E-state index in [9.17, 15) is 9.59 Å². The second-order valence-electron chi connectivity index (χ2n) is 4.87. The van der Waals surface area contributed by atoms with Crippen LogP contribution in [0.3, 0.4) is 0 Å². The Hall–Kier alpha value is -2.86. The van der Waals surface area contributed by atoms with Crippen molar-refractivity contribution >= 4 is 23.2 Å². The summed E-state index contributed by atoms with van der Waals surface area (Å²) in [7, 11) is 1.59. The Kier molecular flexibility index (Phi) is 5.71. The molecule has 0 unspecified atom stereocenters. The molecule has 6 nitrogen and oxygen atoms in total. The van der Waals surface area contributed by atoms with Crippen LogP contribution in [0.1, 0.15) is 5.56 Å². The van der Waals surface area contributed by atoms with Crippen molar-refractivity contribution in [3.63, 3.8) is 0 Å². The maximum absolute atomic E-state index is 12.2. The number of nitrogens with two attached hydrogens (primary N) is 1. The topological polar surface area (TPSA) is 93.5 Å². The van der Waals surface area contributed by atoms with Crippen LogP contribution < -0.4 is 21.1 Å². The van der Waals surface area contributed by atoms with Crippen molar-refractivity contribution in [1.82, 2.24) is 0 Å². The zero-order valence-corrected chi connectivity index (χ0v) is 12.8. The van der Waals surface area contributed by atoms with Gasteiger partial charge < -0.3 is 21.1 Å². The molecule has 4 N–H and O–H groups in total. The maximum Gasteiger partial charge on any atom is 0.238 e. The molecule has 2 amide bonds. The second kappa shape index (κ2) is 7.95. The van der Waals surface area contributed by atoms with Gasteiger partial charge in [0.05, 0.1) is 31.5 Å². The van der Waals surface area contributed by atoms with Gasteiger partial charge in [-0.25, -0.2) is 0 Å². The van der Waals surface area contributed by atoms with E-state index in [-0.39, 0.29) is 24.8 Å². The lowest BCUT2D eigenvalue weighted by atomic mass is 10.1. The monoisotopic (exact) mass is 313 g/mol. The van der Waals surface area contributed by atoms with Crippen LogP contribution in [0.15, 0.2) is 48.5 Å². The molecule has 6 heteroatoms. The lowest BCUT2D eigenvalue weighted by Gasteiger charge is -2.12. The summed E-state index contributed by atoms with van der Waals surface area (Å²) in [5.74, 6) is 0.246. The lowest BCUT2D eigenvalue weighted by Crippen LogP contribution is -2.23. The summed E-state index contributed by atoms with van der Waals surface area (Å²) in [6, 6.07) is 14.2. The molecule has 0 aromatic heterocycles. The number of rotatable bonds is 6. The van der Waals surface area contributed by atoms with Gasteiger partial charge in [-0.15, -0.1) is 0 Å². The third kappa shape index (κ3) is 4.82. The number of carbonyl (C=O) groups is 2. The number of hydrogen-bond donors (Lipinski definition) is 3. The van der Waals surface area contributed by atoms with Crippen LogP contribution in [0.25, 0.3) is 0 Å². The molecular weight excluding hydrogens is 294 g/mol. The summed E-state index contributed by atoms with van der Waals surface area (Å²) in [5.41, 5.74) is 7.21. The summed E-state index contributed by atoms with van der Waals surface area (Å²) in [4.78, 5) is 23.6. The Balaban J connectivity index is 2.03. The molecule has 0 saturated carbocycles. The van der Waals surface area contributed by atoms with Crippen LogP contribution in [0.5, 0.6) is 5.75 Å². The Morgan fingerprint density at radius 3 is 2.04 bits per heavy atom. The number of ether oxygens (including phenoxy) is 1. The first kappa shape index (κ1) is 16.5. The molecule has 0 bridgehead atoms. The molecule has 2 aromatic carbocycles. The van der Waals surface area contributed by atoms with Gasteiger partial charge in [-0.05, 0) is 29.8 Å². The Morgan fingerprint density at radius 2 is 1.52 bits per heavy atom. The highest BCUT2D eigenvalue weighted by Crippen LogP contribution is 2.21. The van der Waals surface area contributed by atoms with Gasteiger partial charge in [0, 0.05) is 0 Å². The molecule has 120 valence electrons. The molecule has 2 aromatic rings.